The van der Waals surface area contributed by atoms with Crippen LogP contribution in [0.3, 0.4) is 0 Å². The summed E-state index contributed by atoms with van der Waals surface area (Å²) in [7, 11) is -2.45. The fourth-order valence-corrected chi connectivity index (χ4v) is 4.57. The molecular formula is C22H25ClN2O7S. The number of hydrogen-bond acceptors (Lipinski definition) is 7. The van der Waals surface area contributed by atoms with Crippen LogP contribution in [0.1, 0.15) is 19.8 Å². The molecule has 33 heavy (non-hydrogen) atoms. The molecule has 3 rings (SSSR count). The second kappa shape index (κ2) is 10.9. The number of esters is 1. The summed E-state index contributed by atoms with van der Waals surface area (Å²) >= 11 is 6.21. The number of nitrogens with one attached hydrogen (secondary N) is 1. The second-order valence-corrected chi connectivity index (χ2v) is 9.41. The average molecular weight is 497 g/mol. The normalized spacial score (nSPS) is 15.4. The Kier molecular flexibility index (Phi) is 8.17. The average Bonchev–Trinajstić information content (AvgIpc) is 2.81. The second-order valence-electron chi connectivity index (χ2n) is 7.23. The SMILES string of the molecule is CCCCNS(=O)(=O)c1ccc(OCC(=O)N2CC(C(=O)OC)Oc3ccccc32)c(Cl)c1. The Morgan fingerprint density at radius 3 is 2.70 bits per heavy atom. The van der Waals surface area contributed by atoms with Gasteiger partial charge in [0, 0.05) is 6.54 Å². The van der Waals surface area contributed by atoms with E-state index in [9.17, 15) is 18.0 Å². The van der Waals surface area contributed by atoms with E-state index in [-0.39, 0.29) is 28.8 Å². The number of unbranched alkanes of at least 4 members (excludes halogenated alkanes) is 1. The summed E-state index contributed by atoms with van der Waals surface area (Å²) in [6, 6.07) is 10.8. The van der Waals surface area contributed by atoms with Gasteiger partial charge in [-0.1, -0.05) is 37.1 Å². The Balaban J connectivity index is 1.71. The van der Waals surface area contributed by atoms with E-state index in [4.69, 9.17) is 25.8 Å². The fraction of sp³-hybridized carbons (Fsp3) is 0.364. The van der Waals surface area contributed by atoms with E-state index in [2.05, 4.69) is 4.72 Å². The van der Waals surface area contributed by atoms with Crippen molar-refractivity contribution in [3.8, 4) is 11.5 Å². The van der Waals surface area contributed by atoms with Crippen LogP contribution in [0.2, 0.25) is 5.02 Å². The van der Waals surface area contributed by atoms with Gasteiger partial charge in [0.25, 0.3) is 5.91 Å². The highest BCUT2D eigenvalue weighted by atomic mass is 35.5. The van der Waals surface area contributed by atoms with Crippen molar-refractivity contribution in [3.63, 3.8) is 0 Å². The predicted molar refractivity (Wildman–Crippen MR) is 122 cm³/mol. The van der Waals surface area contributed by atoms with Crippen LogP contribution >= 0.6 is 11.6 Å². The lowest BCUT2D eigenvalue weighted by molar-refractivity contribution is -0.148. The van der Waals surface area contributed by atoms with E-state index in [1.165, 1.54) is 30.2 Å². The van der Waals surface area contributed by atoms with Gasteiger partial charge in [-0.2, -0.15) is 0 Å². The highest BCUT2D eigenvalue weighted by Crippen LogP contribution is 2.34. The van der Waals surface area contributed by atoms with Crippen LogP contribution in [-0.2, 0) is 24.3 Å². The van der Waals surface area contributed by atoms with Crippen LogP contribution in [0, 0.1) is 0 Å². The first-order chi connectivity index (χ1) is 15.8. The number of anilines is 1. The van der Waals surface area contributed by atoms with Crippen molar-refractivity contribution < 1.29 is 32.2 Å². The fourth-order valence-electron chi connectivity index (χ4n) is 3.17. The molecule has 2 aromatic carbocycles. The van der Waals surface area contributed by atoms with E-state index < -0.39 is 28.0 Å². The van der Waals surface area contributed by atoms with Crippen LogP contribution in [0.25, 0.3) is 0 Å². The molecular weight excluding hydrogens is 472 g/mol. The highest BCUT2D eigenvalue weighted by Gasteiger charge is 2.34. The summed E-state index contributed by atoms with van der Waals surface area (Å²) in [6.45, 7) is 1.86. The van der Waals surface area contributed by atoms with Crippen LogP contribution in [0.4, 0.5) is 5.69 Å². The van der Waals surface area contributed by atoms with Crippen LogP contribution in [-0.4, -0.2) is 53.2 Å². The number of amides is 1. The molecule has 0 bridgehead atoms. The van der Waals surface area contributed by atoms with E-state index >= 15 is 0 Å². The number of rotatable bonds is 9. The minimum Gasteiger partial charge on any atom is -0.482 e. The standard InChI is InChI=1S/C22H25ClN2O7S/c1-3-4-11-24-33(28,29)15-9-10-18(16(23)12-15)31-14-21(26)25-13-20(22(27)30-2)32-19-8-6-5-7-17(19)25/h5-10,12,20,24H,3-4,11,13-14H2,1-2H3. The zero-order valence-electron chi connectivity index (χ0n) is 18.2. The van der Waals surface area contributed by atoms with Crippen molar-refractivity contribution in [2.75, 3.05) is 31.7 Å². The Morgan fingerprint density at radius 1 is 1.24 bits per heavy atom. The number of carbonyl (C=O) groups is 2. The van der Waals surface area contributed by atoms with Gasteiger partial charge >= 0.3 is 5.97 Å². The molecule has 1 heterocycles. The van der Waals surface area contributed by atoms with Crippen molar-refractivity contribution in [2.24, 2.45) is 0 Å². The maximum Gasteiger partial charge on any atom is 0.348 e. The first-order valence-electron chi connectivity index (χ1n) is 10.3. The van der Waals surface area contributed by atoms with E-state index in [0.29, 0.717) is 18.0 Å². The number of halogens is 1. The zero-order chi connectivity index (χ0) is 24.0. The van der Waals surface area contributed by atoms with Crippen molar-refractivity contribution >= 4 is 39.2 Å². The molecule has 11 heteroatoms. The van der Waals surface area contributed by atoms with Gasteiger partial charge in [-0.15, -0.1) is 0 Å². The van der Waals surface area contributed by atoms with Gasteiger partial charge in [0.05, 0.1) is 29.3 Å². The molecule has 0 aromatic heterocycles. The van der Waals surface area contributed by atoms with E-state index in [1.54, 1.807) is 24.3 Å². The summed E-state index contributed by atoms with van der Waals surface area (Å²) in [4.78, 5) is 26.3. The number of nitrogens with zero attached hydrogens (tertiary/aromatic N) is 1. The molecule has 2 aromatic rings. The number of hydrogen-bond donors (Lipinski definition) is 1. The third-order valence-electron chi connectivity index (χ3n) is 4.93. The number of fused-ring (bicyclic) bond motifs is 1. The molecule has 0 saturated heterocycles. The molecule has 1 unspecified atom stereocenters. The van der Waals surface area contributed by atoms with Crippen molar-refractivity contribution in [1.82, 2.24) is 4.72 Å². The van der Waals surface area contributed by atoms with Gasteiger partial charge in [0.15, 0.2) is 6.61 Å². The monoisotopic (exact) mass is 496 g/mol. The first-order valence-corrected chi connectivity index (χ1v) is 12.2. The van der Waals surface area contributed by atoms with E-state index in [1.807, 2.05) is 6.92 Å². The van der Waals surface area contributed by atoms with Gasteiger partial charge < -0.3 is 19.1 Å². The molecule has 0 saturated carbocycles. The summed E-state index contributed by atoms with van der Waals surface area (Å²) < 4.78 is 43.1. The molecule has 0 spiro atoms. The molecule has 1 aliphatic rings. The van der Waals surface area contributed by atoms with Crippen molar-refractivity contribution in [1.29, 1.82) is 0 Å². The van der Waals surface area contributed by atoms with Crippen LogP contribution in [0.15, 0.2) is 47.4 Å². The predicted octanol–water partition coefficient (Wildman–Crippen LogP) is 2.76. The summed E-state index contributed by atoms with van der Waals surface area (Å²) in [5, 5.41) is 0.0518. The number of benzene rings is 2. The maximum atomic E-state index is 12.9. The third kappa shape index (κ3) is 5.95. The summed E-state index contributed by atoms with van der Waals surface area (Å²) in [5.74, 6) is -0.511. The maximum absolute atomic E-state index is 12.9. The third-order valence-corrected chi connectivity index (χ3v) is 6.68. The highest BCUT2D eigenvalue weighted by molar-refractivity contribution is 7.89. The molecule has 1 amide bonds. The number of carbonyl (C=O) groups excluding carboxylic acids is 2. The molecule has 1 aliphatic heterocycles. The minimum absolute atomic E-state index is 0.00491. The summed E-state index contributed by atoms with van der Waals surface area (Å²) in [5.41, 5.74) is 0.497. The quantitative estimate of drug-likeness (QED) is 0.419. The molecule has 0 fully saturated rings. The lowest BCUT2D eigenvalue weighted by Crippen LogP contribution is -2.48. The molecule has 9 nitrogen and oxygen atoms in total. The van der Waals surface area contributed by atoms with E-state index in [0.717, 1.165) is 12.8 Å². The Morgan fingerprint density at radius 2 is 2.00 bits per heavy atom. The number of ether oxygens (including phenoxy) is 3. The van der Waals surface area contributed by atoms with Crippen molar-refractivity contribution in [3.05, 3.63) is 47.5 Å². The molecule has 1 atom stereocenters. The lowest BCUT2D eigenvalue weighted by atomic mass is 10.2. The van der Waals surface area contributed by atoms with Crippen molar-refractivity contribution in [2.45, 2.75) is 30.8 Å². The largest absolute Gasteiger partial charge is 0.482 e. The smallest absolute Gasteiger partial charge is 0.348 e. The number of para-hydroxylation sites is 2. The van der Waals surface area contributed by atoms with Crippen LogP contribution < -0.4 is 19.1 Å². The summed E-state index contributed by atoms with van der Waals surface area (Å²) in [6.07, 6.45) is 0.609. The first kappa shape index (κ1) is 24.8. The molecule has 0 aliphatic carbocycles. The minimum atomic E-state index is -3.69. The van der Waals surface area contributed by atoms with Gasteiger partial charge in [0.2, 0.25) is 16.1 Å². The zero-order valence-corrected chi connectivity index (χ0v) is 19.8. The van der Waals surface area contributed by atoms with Gasteiger partial charge in [-0.05, 0) is 36.8 Å². The van der Waals surface area contributed by atoms with Gasteiger partial charge in [0.1, 0.15) is 11.5 Å². The number of sulfonamides is 1. The molecule has 178 valence electrons. The molecule has 1 N–H and O–H groups in total. The molecule has 0 radical (unpaired) electrons. The Hall–Kier alpha value is -2.82. The van der Waals surface area contributed by atoms with Gasteiger partial charge in [-0.3, -0.25) is 4.79 Å². The Labute approximate surface area is 197 Å². The lowest BCUT2D eigenvalue weighted by Gasteiger charge is -2.33. The number of methoxy groups -OCH3 is 1. The Bertz CT molecular complexity index is 1120. The topological polar surface area (TPSA) is 111 Å². The van der Waals surface area contributed by atoms with Gasteiger partial charge in [-0.25, -0.2) is 17.9 Å². The van der Waals surface area contributed by atoms with Crippen LogP contribution in [0.5, 0.6) is 11.5 Å².